The van der Waals surface area contributed by atoms with Crippen molar-refractivity contribution in [2.45, 2.75) is 25.2 Å². The summed E-state index contributed by atoms with van der Waals surface area (Å²) >= 11 is 5.72. The highest BCUT2D eigenvalue weighted by Gasteiger charge is 2.42. The molecule has 5 nitrogen and oxygen atoms in total. The van der Waals surface area contributed by atoms with Gasteiger partial charge in [-0.1, -0.05) is 11.6 Å². The van der Waals surface area contributed by atoms with Gasteiger partial charge in [-0.2, -0.15) is 13.2 Å². The first-order valence-electron chi connectivity index (χ1n) is 7.19. The Labute approximate surface area is 131 Å². The molecule has 1 aromatic rings. The summed E-state index contributed by atoms with van der Waals surface area (Å²) in [5.41, 5.74) is 0. The summed E-state index contributed by atoms with van der Waals surface area (Å²) in [6.45, 7) is 6.47. The van der Waals surface area contributed by atoms with Crippen LogP contribution in [0.15, 0.2) is 6.07 Å². The van der Waals surface area contributed by atoms with Crippen molar-refractivity contribution in [1.82, 2.24) is 20.2 Å². The summed E-state index contributed by atoms with van der Waals surface area (Å²) in [6.07, 6.45) is -4.59. The largest absolute Gasteiger partial charge is 0.451 e. The molecule has 1 N–H and O–H groups in total. The highest BCUT2D eigenvalue weighted by Crippen LogP contribution is 2.33. The number of rotatable bonds is 2. The van der Waals surface area contributed by atoms with Gasteiger partial charge in [0.25, 0.3) is 0 Å². The highest BCUT2D eigenvalue weighted by atomic mass is 35.5. The minimum atomic E-state index is -4.59. The van der Waals surface area contributed by atoms with E-state index in [-0.39, 0.29) is 17.0 Å². The molecular weight excluding hydrogens is 319 g/mol. The number of nitrogens with zero attached hydrogens (tertiary/aromatic N) is 4. The molecule has 0 saturated carbocycles. The molecule has 0 aromatic carbocycles. The zero-order valence-corrected chi connectivity index (χ0v) is 12.8. The first kappa shape index (κ1) is 15.8. The second-order valence-electron chi connectivity index (χ2n) is 5.62. The molecule has 9 heteroatoms. The third-order valence-electron chi connectivity index (χ3n) is 4.28. The molecular formula is C13H17ClF3N5. The summed E-state index contributed by atoms with van der Waals surface area (Å²) in [6, 6.07) is 1.83. The molecule has 0 unspecified atom stereocenters. The minimum Gasteiger partial charge on any atom is -0.350 e. The number of nitrogens with one attached hydrogen (secondary N) is 1. The van der Waals surface area contributed by atoms with Gasteiger partial charge < -0.3 is 10.2 Å². The van der Waals surface area contributed by atoms with Gasteiger partial charge in [0.15, 0.2) is 0 Å². The maximum Gasteiger partial charge on any atom is 0.451 e. The summed E-state index contributed by atoms with van der Waals surface area (Å²) < 4.78 is 38.3. The van der Waals surface area contributed by atoms with E-state index in [0.717, 1.165) is 26.2 Å². The van der Waals surface area contributed by atoms with Crippen LogP contribution < -0.4 is 10.2 Å². The van der Waals surface area contributed by atoms with Crippen molar-refractivity contribution in [3.63, 3.8) is 0 Å². The average molecular weight is 336 g/mol. The van der Waals surface area contributed by atoms with Crippen LogP contribution >= 0.6 is 11.6 Å². The third-order valence-corrected chi connectivity index (χ3v) is 4.48. The van der Waals surface area contributed by atoms with E-state index in [4.69, 9.17) is 11.6 Å². The van der Waals surface area contributed by atoms with Crippen LogP contribution in [0, 0.1) is 0 Å². The lowest BCUT2D eigenvalue weighted by Crippen LogP contribution is -2.68. The van der Waals surface area contributed by atoms with E-state index in [1.165, 1.54) is 6.07 Å². The van der Waals surface area contributed by atoms with Crippen molar-refractivity contribution in [3.8, 4) is 0 Å². The second kappa shape index (κ2) is 5.82. The van der Waals surface area contributed by atoms with Crippen molar-refractivity contribution in [3.05, 3.63) is 17.0 Å². The number of aromatic nitrogens is 2. The first-order valence-corrected chi connectivity index (χ1v) is 7.57. The quantitative estimate of drug-likeness (QED) is 0.832. The predicted octanol–water partition coefficient (Wildman–Crippen LogP) is 1.63. The molecule has 3 rings (SSSR count). The SMILES string of the molecule is C[C@@H]1[C@H](N2CCNCC2)CN1c1cc(Cl)nc(C(F)(F)F)n1. The Bertz CT molecular complexity index is 547. The van der Waals surface area contributed by atoms with Crippen LogP contribution in [0.5, 0.6) is 0 Å². The van der Waals surface area contributed by atoms with Crippen LogP contribution in [0.25, 0.3) is 0 Å². The van der Waals surface area contributed by atoms with Gasteiger partial charge in [-0.3, -0.25) is 4.90 Å². The van der Waals surface area contributed by atoms with Gasteiger partial charge in [0.05, 0.1) is 0 Å². The maximum atomic E-state index is 12.8. The van der Waals surface area contributed by atoms with Crippen LogP contribution in [0.2, 0.25) is 5.15 Å². The number of alkyl halides is 3. The van der Waals surface area contributed by atoms with Crippen LogP contribution in [-0.2, 0) is 6.18 Å². The van der Waals surface area contributed by atoms with Crippen molar-refractivity contribution < 1.29 is 13.2 Å². The van der Waals surface area contributed by atoms with Crippen LogP contribution in [0.1, 0.15) is 12.7 Å². The van der Waals surface area contributed by atoms with Gasteiger partial charge in [-0.05, 0) is 6.92 Å². The number of piperazine rings is 1. The molecule has 22 heavy (non-hydrogen) atoms. The van der Waals surface area contributed by atoms with Crippen LogP contribution in [0.3, 0.4) is 0 Å². The molecule has 2 fully saturated rings. The Morgan fingerprint density at radius 3 is 2.55 bits per heavy atom. The summed E-state index contributed by atoms with van der Waals surface area (Å²) in [5, 5.41) is 3.10. The van der Waals surface area contributed by atoms with Gasteiger partial charge in [-0.15, -0.1) is 0 Å². The van der Waals surface area contributed by atoms with Crippen LogP contribution in [-0.4, -0.2) is 59.7 Å². The van der Waals surface area contributed by atoms with E-state index < -0.39 is 12.0 Å². The maximum absolute atomic E-state index is 12.8. The van der Waals surface area contributed by atoms with Gasteiger partial charge in [0.1, 0.15) is 11.0 Å². The molecule has 3 heterocycles. The molecule has 122 valence electrons. The smallest absolute Gasteiger partial charge is 0.350 e. The topological polar surface area (TPSA) is 44.3 Å². The Balaban J connectivity index is 1.74. The fourth-order valence-corrected chi connectivity index (χ4v) is 3.18. The molecule has 0 amide bonds. The van der Waals surface area contributed by atoms with Gasteiger partial charge in [-0.25, -0.2) is 9.97 Å². The number of hydrogen-bond acceptors (Lipinski definition) is 5. The monoisotopic (exact) mass is 335 g/mol. The molecule has 0 bridgehead atoms. The Morgan fingerprint density at radius 2 is 1.95 bits per heavy atom. The van der Waals surface area contributed by atoms with E-state index in [0.29, 0.717) is 12.6 Å². The average Bonchev–Trinajstić information content (AvgIpc) is 2.45. The lowest BCUT2D eigenvalue weighted by Gasteiger charge is -2.52. The van der Waals surface area contributed by atoms with Crippen molar-refractivity contribution in [2.24, 2.45) is 0 Å². The fraction of sp³-hybridized carbons (Fsp3) is 0.692. The van der Waals surface area contributed by atoms with Gasteiger partial charge in [0.2, 0.25) is 5.82 Å². The number of halogens is 4. The normalized spacial score (nSPS) is 26.9. The fourth-order valence-electron chi connectivity index (χ4n) is 3.01. The lowest BCUT2D eigenvalue weighted by molar-refractivity contribution is -0.144. The molecule has 2 aliphatic rings. The molecule has 0 radical (unpaired) electrons. The number of anilines is 1. The van der Waals surface area contributed by atoms with Crippen LogP contribution in [0.4, 0.5) is 19.0 Å². The molecule has 2 atom stereocenters. The zero-order valence-electron chi connectivity index (χ0n) is 12.1. The summed E-state index contributed by atoms with van der Waals surface area (Å²) in [7, 11) is 0. The molecule has 0 aliphatic carbocycles. The Hall–Kier alpha value is -1.12. The third kappa shape index (κ3) is 3.00. The number of hydrogen-bond donors (Lipinski definition) is 1. The highest BCUT2D eigenvalue weighted by molar-refractivity contribution is 6.29. The van der Waals surface area contributed by atoms with E-state index in [2.05, 4.69) is 20.2 Å². The first-order chi connectivity index (χ1) is 10.4. The van der Waals surface area contributed by atoms with E-state index in [9.17, 15) is 13.2 Å². The minimum absolute atomic E-state index is 0.102. The molecule has 1 aromatic heterocycles. The summed E-state index contributed by atoms with van der Waals surface area (Å²) in [4.78, 5) is 11.1. The van der Waals surface area contributed by atoms with Crippen molar-refractivity contribution in [2.75, 3.05) is 37.6 Å². The molecule has 2 aliphatic heterocycles. The van der Waals surface area contributed by atoms with Gasteiger partial charge in [0, 0.05) is 50.9 Å². The summed E-state index contributed by atoms with van der Waals surface area (Å²) in [5.74, 6) is -0.945. The van der Waals surface area contributed by atoms with Crippen molar-refractivity contribution >= 4 is 17.4 Å². The van der Waals surface area contributed by atoms with Crippen molar-refractivity contribution in [1.29, 1.82) is 0 Å². The van der Waals surface area contributed by atoms with E-state index >= 15 is 0 Å². The van der Waals surface area contributed by atoms with E-state index in [1.54, 1.807) is 0 Å². The predicted molar refractivity (Wildman–Crippen MR) is 77.1 cm³/mol. The molecule has 0 spiro atoms. The van der Waals surface area contributed by atoms with Gasteiger partial charge >= 0.3 is 6.18 Å². The Kier molecular flexibility index (Phi) is 4.17. The van der Waals surface area contributed by atoms with E-state index in [1.807, 2.05) is 11.8 Å². The second-order valence-corrected chi connectivity index (χ2v) is 6.00. The zero-order chi connectivity index (χ0) is 15.9. The Morgan fingerprint density at radius 1 is 1.27 bits per heavy atom. The lowest BCUT2D eigenvalue weighted by atomic mass is 9.95. The standard InChI is InChI=1S/C13H17ClF3N5/c1-8-9(21-4-2-18-3-5-21)7-22(8)11-6-10(14)19-12(20-11)13(15,16)17/h6,8-9,18H,2-5,7H2,1H3/t8-,9-/m1/s1. The molecule has 2 saturated heterocycles.